The molecular weight excluding hydrogens is 356 g/mol. The van der Waals surface area contributed by atoms with Gasteiger partial charge in [0.05, 0.1) is 9.40 Å². The SMILES string of the molecule is O=C(O)Cn1nnnc1Sc1c(Br)cncc1[N+](=O)[O-]. The summed E-state index contributed by atoms with van der Waals surface area (Å²) in [6, 6.07) is 0. The number of halogens is 1. The Labute approximate surface area is 123 Å². The van der Waals surface area contributed by atoms with Crippen molar-refractivity contribution in [2.75, 3.05) is 0 Å². The predicted octanol–water partition coefficient (Wildman–Crippen LogP) is 0.975. The Bertz CT molecular complexity index is 677. The van der Waals surface area contributed by atoms with E-state index in [1.54, 1.807) is 0 Å². The summed E-state index contributed by atoms with van der Waals surface area (Å²) in [6.45, 7) is -0.439. The van der Waals surface area contributed by atoms with Crippen molar-refractivity contribution in [2.24, 2.45) is 0 Å². The maximum atomic E-state index is 10.9. The highest BCUT2D eigenvalue weighted by atomic mass is 79.9. The molecule has 0 spiro atoms. The van der Waals surface area contributed by atoms with Gasteiger partial charge in [0.15, 0.2) is 0 Å². The zero-order valence-corrected chi connectivity index (χ0v) is 11.9. The van der Waals surface area contributed by atoms with Crippen molar-refractivity contribution in [2.45, 2.75) is 16.6 Å². The molecule has 0 unspecified atom stereocenters. The summed E-state index contributed by atoms with van der Waals surface area (Å²) in [4.78, 5) is 25.0. The van der Waals surface area contributed by atoms with Gasteiger partial charge in [0.2, 0.25) is 5.16 Å². The number of aliphatic carboxylic acids is 1. The Hall–Kier alpha value is -2.08. The van der Waals surface area contributed by atoms with Gasteiger partial charge in [-0.25, -0.2) is 4.68 Å². The van der Waals surface area contributed by atoms with E-state index in [1.807, 2.05) is 0 Å². The zero-order valence-electron chi connectivity index (χ0n) is 9.50. The number of nitro groups is 1. The van der Waals surface area contributed by atoms with Gasteiger partial charge in [0.1, 0.15) is 17.6 Å². The van der Waals surface area contributed by atoms with Crippen molar-refractivity contribution in [1.29, 1.82) is 0 Å². The quantitative estimate of drug-likeness (QED) is 0.610. The lowest BCUT2D eigenvalue weighted by Crippen LogP contribution is -2.11. The van der Waals surface area contributed by atoms with E-state index in [9.17, 15) is 14.9 Å². The summed E-state index contributed by atoms with van der Waals surface area (Å²) < 4.78 is 1.42. The Morgan fingerprint density at radius 1 is 1.55 bits per heavy atom. The van der Waals surface area contributed by atoms with Gasteiger partial charge in [0.25, 0.3) is 0 Å². The molecule has 1 N–H and O–H groups in total. The molecule has 2 aromatic rings. The van der Waals surface area contributed by atoms with Crippen molar-refractivity contribution in [3.63, 3.8) is 0 Å². The molecule has 2 aromatic heterocycles. The van der Waals surface area contributed by atoms with E-state index in [0.29, 0.717) is 4.47 Å². The molecule has 12 heteroatoms. The van der Waals surface area contributed by atoms with E-state index in [-0.39, 0.29) is 15.7 Å². The van der Waals surface area contributed by atoms with Crippen LogP contribution in [-0.2, 0) is 11.3 Å². The van der Waals surface area contributed by atoms with E-state index in [0.717, 1.165) is 22.6 Å². The van der Waals surface area contributed by atoms with E-state index in [4.69, 9.17) is 5.11 Å². The molecule has 0 fully saturated rings. The van der Waals surface area contributed by atoms with Gasteiger partial charge in [-0.1, -0.05) is 0 Å². The summed E-state index contributed by atoms with van der Waals surface area (Å²) in [5.74, 6) is -1.12. The molecule has 10 nitrogen and oxygen atoms in total. The number of pyridine rings is 1. The van der Waals surface area contributed by atoms with Crippen molar-refractivity contribution in [1.82, 2.24) is 25.2 Å². The monoisotopic (exact) mass is 360 g/mol. The van der Waals surface area contributed by atoms with Gasteiger partial charge in [-0.05, 0) is 38.1 Å². The Morgan fingerprint density at radius 3 is 2.95 bits per heavy atom. The molecule has 0 aliphatic carbocycles. The van der Waals surface area contributed by atoms with Gasteiger partial charge in [0, 0.05) is 6.20 Å². The minimum atomic E-state index is -1.12. The second-order valence-electron chi connectivity index (χ2n) is 3.34. The average molecular weight is 361 g/mol. The largest absolute Gasteiger partial charge is 0.480 e. The van der Waals surface area contributed by atoms with E-state index >= 15 is 0 Å². The van der Waals surface area contributed by atoms with Crippen molar-refractivity contribution in [3.8, 4) is 0 Å². The van der Waals surface area contributed by atoms with Crippen molar-refractivity contribution in [3.05, 3.63) is 27.0 Å². The number of hydrogen-bond acceptors (Lipinski definition) is 8. The minimum Gasteiger partial charge on any atom is -0.480 e. The third-order valence-electron chi connectivity index (χ3n) is 2.01. The molecule has 0 aliphatic heterocycles. The first-order chi connectivity index (χ1) is 9.49. The molecule has 20 heavy (non-hydrogen) atoms. The van der Waals surface area contributed by atoms with Gasteiger partial charge in [-0.3, -0.25) is 19.9 Å². The van der Waals surface area contributed by atoms with Crippen LogP contribution in [0.3, 0.4) is 0 Å². The molecule has 104 valence electrons. The molecule has 0 amide bonds. The molecule has 2 rings (SSSR count). The summed E-state index contributed by atoms with van der Waals surface area (Å²) in [7, 11) is 0. The van der Waals surface area contributed by atoms with Crippen LogP contribution in [0.1, 0.15) is 0 Å². The fraction of sp³-hybridized carbons (Fsp3) is 0.125. The summed E-state index contributed by atoms with van der Waals surface area (Å²) in [5.41, 5.74) is -0.228. The molecule has 0 bridgehead atoms. The first-order valence-electron chi connectivity index (χ1n) is 4.92. The lowest BCUT2D eigenvalue weighted by Gasteiger charge is -2.04. The molecule has 0 atom stereocenters. The average Bonchev–Trinajstić information content (AvgIpc) is 2.78. The van der Waals surface area contributed by atoms with Crippen LogP contribution in [0.2, 0.25) is 0 Å². The predicted molar refractivity (Wildman–Crippen MR) is 68.2 cm³/mol. The number of carboxylic acids is 1. The third kappa shape index (κ3) is 3.08. The van der Waals surface area contributed by atoms with E-state index < -0.39 is 17.4 Å². The molecule has 0 saturated heterocycles. The highest BCUT2D eigenvalue weighted by Crippen LogP contribution is 2.38. The summed E-state index contributed by atoms with van der Waals surface area (Å²) in [5, 5.41) is 30.3. The van der Waals surface area contributed by atoms with Crippen LogP contribution < -0.4 is 0 Å². The van der Waals surface area contributed by atoms with Crippen LogP contribution in [0.4, 0.5) is 5.69 Å². The fourth-order valence-electron chi connectivity index (χ4n) is 1.23. The number of nitrogens with zero attached hydrogens (tertiary/aromatic N) is 6. The molecule has 0 saturated carbocycles. The maximum Gasteiger partial charge on any atom is 0.325 e. The smallest absolute Gasteiger partial charge is 0.325 e. The fourth-order valence-corrected chi connectivity index (χ4v) is 2.64. The standard InChI is InChI=1S/C8H5BrN6O4S/c9-4-1-10-2-5(15(18)19)7(4)20-8-11-12-13-14(8)3-6(16)17/h1-2H,3H2,(H,16,17). The van der Waals surface area contributed by atoms with Gasteiger partial charge in [-0.2, -0.15) is 0 Å². The van der Waals surface area contributed by atoms with Gasteiger partial charge >= 0.3 is 11.7 Å². The van der Waals surface area contributed by atoms with Gasteiger partial charge in [-0.15, -0.1) is 5.10 Å². The molecule has 0 radical (unpaired) electrons. The van der Waals surface area contributed by atoms with E-state index in [1.165, 1.54) is 6.20 Å². The number of carboxylic acid groups (broad SMARTS) is 1. The summed E-state index contributed by atoms with van der Waals surface area (Å²) in [6.07, 6.45) is 2.49. The maximum absolute atomic E-state index is 10.9. The molecular formula is C8H5BrN6O4S. The Balaban J connectivity index is 2.38. The van der Waals surface area contributed by atoms with Crippen LogP contribution in [-0.4, -0.2) is 41.2 Å². The number of hydrogen-bond donors (Lipinski definition) is 1. The van der Waals surface area contributed by atoms with Crippen LogP contribution in [0, 0.1) is 10.1 Å². The second kappa shape index (κ2) is 5.92. The van der Waals surface area contributed by atoms with Crippen LogP contribution in [0.25, 0.3) is 0 Å². The van der Waals surface area contributed by atoms with E-state index in [2.05, 4.69) is 36.4 Å². The van der Waals surface area contributed by atoms with Crippen LogP contribution >= 0.6 is 27.7 Å². The number of tetrazole rings is 1. The second-order valence-corrected chi connectivity index (χ2v) is 5.17. The number of aromatic nitrogens is 5. The third-order valence-corrected chi connectivity index (χ3v) is 3.98. The first-order valence-corrected chi connectivity index (χ1v) is 6.53. The Kier molecular flexibility index (Phi) is 4.24. The highest BCUT2D eigenvalue weighted by molar-refractivity contribution is 9.10. The number of rotatable bonds is 5. The lowest BCUT2D eigenvalue weighted by molar-refractivity contribution is -0.388. The van der Waals surface area contributed by atoms with Crippen molar-refractivity contribution < 1.29 is 14.8 Å². The number of carbonyl (C=O) groups is 1. The normalized spacial score (nSPS) is 10.4. The van der Waals surface area contributed by atoms with Gasteiger partial charge < -0.3 is 5.11 Å². The van der Waals surface area contributed by atoms with Crippen LogP contribution in [0.5, 0.6) is 0 Å². The lowest BCUT2D eigenvalue weighted by atomic mass is 10.4. The molecule has 2 heterocycles. The van der Waals surface area contributed by atoms with Crippen molar-refractivity contribution >= 4 is 39.3 Å². The molecule has 0 aliphatic rings. The summed E-state index contributed by atoms with van der Waals surface area (Å²) >= 11 is 4.03. The first kappa shape index (κ1) is 14.3. The molecule has 0 aromatic carbocycles. The Morgan fingerprint density at radius 2 is 2.30 bits per heavy atom. The minimum absolute atomic E-state index is 0.127. The zero-order chi connectivity index (χ0) is 14.7. The van der Waals surface area contributed by atoms with Crippen LogP contribution in [0.15, 0.2) is 26.9 Å². The topological polar surface area (TPSA) is 137 Å². The highest BCUT2D eigenvalue weighted by Gasteiger charge is 2.21.